The Morgan fingerprint density at radius 3 is 1.97 bits per heavy atom. The Morgan fingerprint density at radius 1 is 0.900 bits per heavy atom. The third-order valence-electron chi connectivity index (χ3n) is 7.42. The topological polar surface area (TPSA) is 75.6 Å². The van der Waals surface area contributed by atoms with Crippen molar-refractivity contribution in [3.63, 3.8) is 0 Å². The van der Waals surface area contributed by atoms with E-state index in [9.17, 15) is 14.7 Å². The van der Waals surface area contributed by atoms with E-state index in [0.29, 0.717) is 26.0 Å². The number of carboxylic acids is 1. The van der Waals surface area contributed by atoms with Crippen LogP contribution in [0.25, 0.3) is 0 Å². The molecule has 1 amide bonds. The van der Waals surface area contributed by atoms with Crippen LogP contribution < -0.4 is 5.32 Å². The third-order valence-corrected chi connectivity index (χ3v) is 7.42. The number of carbonyl (C=O) groups is 2. The van der Waals surface area contributed by atoms with Gasteiger partial charge in [-0.05, 0) is 38.0 Å². The predicted molar refractivity (Wildman–Crippen MR) is 123 cm³/mol. The van der Waals surface area contributed by atoms with Crippen molar-refractivity contribution < 1.29 is 19.4 Å². The van der Waals surface area contributed by atoms with Crippen molar-refractivity contribution in [2.75, 3.05) is 19.8 Å². The fraction of sp³-hybridized carbons (Fsp3) is 0.920. The first kappa shape index (κ1) is 26.9. The minimum atomic E-state index is -0.840. The van der Waals surface area contributed by atoms with Gasteiger partial charge in [0, 0.05) is 25.7 Å². The van der Waals surface area contributed by atoms with Gasteiger partial charge in [0.2, 0.25) is 5.91 Å². The van der Waals surface area contributed by atoms with Crippen molar-refractivity contribution in [1.29, 1.82) is 0 Å². The van der Waals surface area contributed by atoms with Gasteiger partial charge in [-0.1, -0.05) is 78.6 Å². The highest BCUT2D eigenvalue weighted by Gasteiger charge is 2.58. The molecule has 0 aromatic carbocycles. The Labute approximate surface area is 184 Å². The van der Waals surface area contributed by atoms with Crippen molar-refractivity contribution in [2.24, 2.45) is 16.7 Å². The number of amides is 1. The van der Waals surface area contributed by atoms with Crippen LogP contribution in [0.2, 0.25) is 0 Å². The summed E-state index contributed by atoms with van der Waals surface area (Å²) in [4.78, 5) is 24.2. The summed E-state index contributed by atoms with van der Waals surface area (Å²) in [6.45, 7) is 9.90. The second kappa shape index (κ2) is 14.1. The van der Waals surface area contributed by atoms with E-state index >= 15 is 0 Å². The molecule has 0 radical (unpaired) electrons. The van der Waals surface area contributed by atoms with E-state index in [1.54, 1.807) is 6.92 Å². The predicted octanol–water partition coefficient (Wildman–Crippen LogP) is 5.96. The first-order valence-corrected chi connectivity index (χ1v) is 12.4. The van der Waals surface area contributed by atoms with Gasteiger partial charge in [0.25, 0.3) is 0 Å². The van der Waals surface area contributed by atoms with Crippen LogP contribution in [0.5, 0.6) is 0 Å². The summed E-state index contributed by atoms with van der Waals surface area (Å²) in [7, 11) is 0. The third kappa shape index (κ3) is 8.20. The molecular formula is C25H47NO4. The smallest absolute Gasteiger partial charge is 0.309 e. The highest BCUT2D eigenvalue weighted by atomic mass is 16.5. The fourth-order valence-electron chi connectivity index (χ4n) is 4.64. The fourth-order valence-corrected chi connectivity index (χ4v) is 4.64. The molecule has 0 aromatic rings. The summed E-state index contributed by atoms with van der Waals surface area (Å²) in [6.07, 6.45) is 15.2. The molecule has 0 heterocycles. The zero-order valence-electron chi connectivity index (χ0n) is 20.1. The highest BCUT2D eigenvalue weighted by molar-refractivity contribution is 5.83. The molecule has 0 saturated heterocycles. The lowest BCUT2D eigenvalue weighted by atomic mass is 9.65. The molecule has 5 nitrogen and oxygen atoms in total. The minimum absolute atomic E-state index is 0.0142. The van der Waals surface area contributed by atoms with Crippen molar-refractivity contribution in [2.45, 2.75) is 111 Å². The van der Waals surface area contributed by atoms with Gasteiger partial charge in [0.05, 0.1) is 5.41 Å². The molecule has 30 heavy (non-hydrogen) atoms. The van der Waals surface area contributed by atoms with E-state index in [1.165, 1.54) is 57.8 Å². The zero-order chi connectivity index (χ0) is 22.5. The maximum absolute atomic E-state index is 12.6. The van der Waals surface area contributed by atoms with E-state index in [1.807, 2.05) is 13.8 Å². The molecule has 0 aliphatic heterocycles. The number of hydrogen-bond acceptors (Lipinski definition) is 3. The maximum Gasteiger partial charge on any atom is 0.309 e. The first-order chi connectivity index (χ1) is 14.3. The van der Waals surface area contributed by atoms with Gasteiger partial charge in [0.15, 0.2) is 0 Å². The second-order valence-electron chi connectivity index (χ2n) is 9.89. The molecule has 2 N–H and O–H groups in total. The molecule has 1 saturated carbocycles. The molecule has 176 valence electrons. The average molecular weight is 426 g/mol. The molecule has 2 atom stereocenters. The van der Waals surface area contributed by atoms with Gasteiger partial charge in [-0.2, -0.15) is 0 Å². The average Bonchev–Trinajstić information content (AvgIpc) is 2.95. The number of carboxylic acid groups (broad SMARTS) is 1. The summed E-state index contributed by atoms with van der Waals surface area (Å²) < 4.78 is 5.69. The number of ether oxygens (including phenoxy) is 1. The van der Waals surface area contributed by atoms with Gasteiger partial charge in [-0.3, -0.25) is 9.59 Å². The van der Waals surface area contributed by atoms with Gasteiger partial charge in [-0.15, -0.1) is 0 Å². The molecular weight excluding hydrogens is 378 g/mol. The number of aliphatic carboxylic acids is 1. The summed E-state index contributed by atoms with van der Waals surface area (Å²) in [5.74, 6) is -1.06. The Kier molecular flexibility index (Phi) is 12.6. The van der Waals surface area contributed by atoms with Gasteiger partial charge in [-0.25, -0.2) is 0 Å². The van der Waals surface area contributed by atoms with E-state index < -0.39 is 16.8 Å². The largest absolute Gasteiger partial charge is 0.481 e. The van der Waals surface area contributed by atoms with Gasteiger partial charge < -0.3 is 15.2 Å². The van der Waals surface area contributed by atoms with Gasteiger partial charge in [0.1, 0.15) is 0 Å². The van der Waals surface area contributed by atoms with E-state index in [0.717, 1.165) is 19.4 Å². The normalized spacial score (nSPS) is 22.9. The lowest BCUT2D eigenvalue weighted by Crippen LogP contribution is -2.45. The molecule has 0 spiro atoms. The standard InChI is InChI=1S/C25H47NO4/c1-5-6-7-8-9-10-11-12-13-14-19-30-20-15-18-26-22(27)21-16-17-25(4,23(28)29)24(21,2)3/h21H,5-20H2,1-4H3,(H,26,27)(H,28,29)/t21-,25+/m1/s1. The zero-order valence-corrected chi connectivity index (χ0v) is 20.1. The van der Waals surface area contributed by atoms with E-state index in [-0.39, 0.29) is 11.8 Å². The number of carbonyl (C=O) groups excluding carboxylic acids is 1. The maximum atomic E-state index is 12.6. The van der Waals surface area contributed by atoms with Crippen molar-refractivity contribution >= 4 is 11.9 Å². The summed E-state index contributed by atoms with van der Waals surface area (Å²) in [6, 6.07) is 0. The molecule has 1 aliphatic carbocycles. The molecule has 0 bridgehead atoms. The lowest BCUT2D eigenvalue weighted by molar-refractivity contribution is -0.155. The Hall–Kier alpha value is -1.10. The van der Waals surface area contributed by atoms with Crippen LogP contribution in [0.15, 0.2) is 0 Å². The SMILES string of the molecule is CCCCCCCCCCCCOCCCNC(=O)[C@H]1CC[C@@](C)(C(=O)O)C1(C)C. The molecule has 1 rings (SSSR count). The van der Waals surface area contributed by atoms with E-state index in [4.69, 9.17) is 4.74 Å². The van der Waals surface area contributed by atoms with Gasteiger partial charge >= 0.3 is 5.97 Å². The molecule has 0 unspecified atom stereocenters. The number of nitrogens with one attached hydrogen (secondary N) is 1. The number of hydrogen-bond donors (Lipinski definition) is 2. The Bertz CT molecular complexity index is 505. The molecule has 1 fully saturated rings. The Morgan fingerprint density at radius 2 is 1.43 bits per heavy atom. The summed E-state index contributed by atoms with van der Waals surface area (Å²) in [5.41, 5.74) is -1.39. The van der Waals surface area contributed by atoms with Crippen molar-refractivity contribution in [3.8, 4) is 0 Å². The van der Waals surface area contributed by atoms with E-state index in [2.05, 4.69) is 12.2 Å². The molecule has 0 aromatic heterocycles. The number of rotatable bonds is 17. The second-order valence-corrected chi connectivity index (χ2v) is 9.89. The van der Waals surface area contributed by atoms with Crippen molar-refractivity contribution in [1.82, 2.24) is 5.32 Å². The summed E-state index contributed by atoms with van der Waals surface area (Å²) >= 11 is 0. The van der Waals surface area contributed by atoms with Crippen LogP contribution in [0.4, 0.5) is 0 Å². The summed E-state index contributed by atoms with van der Waals surface area (Å²) in [5, 5.41) is 12.6. The number of unbranched alkanes of at least 4 members (excludes halogenated alkanes) is 9. The van der Waals surface area contributed by atoms with Crippen LogP contribution in [0.3, 0.4) is 0 Å². The minimum Gasteiger partial charge on any atom is -0.481 e. The van der Waals surface area contributed by atoms with Crippen LogP contribution in [0.1, 0.15) is 111 Å². The first-order valence-electron chi connectivity index (χ1n) is 12.4. The lowest BCUT2D eigenvalue weighted by Gasteiger charge is -2.37. The molecule has 1 aliphatic rings. The van der Waals surface area contributed by atoms with Crippen LogP contribution >= 0.6 is 0 Å². The van der Waals surface area contributed by atoms with Crippen LogP contribution in [-0.2, 0) is 14.3 Å². The quantitative estimate of drug-likeness (QED) is 0.282. The van der Waals surface area contributed by atoms with Crippen molar-refractivity contribution in [3.05, 3.63) is 0 Å². The monoisotopic (exact) mass is 425 g/mol. The highest BCUT2D eigenvalue weighted by Crippen LogP contribution is 2.56. The van der Waals surface area contributed by atoms with Crippen LogP contribution in [-0.4, -0.2) is 36.7 Å². The Balaban J connectivity index is 2.00. The molecule has 5 heteroatoms. The van der Waals surface area contributed by atoms with Crippen LogP contribution in [0, 0.1) is 16.7 Å².